The van der Waals surface area contributed by atoms with Crippen LogP contribution in [-0.4, -0.2) is 12.0 Å². The SMILES string of the molecule is CN(Cc1ccc(N)cc1)c1ccc(F)cn1. The molecule has 17 heavy (non-hydrogen) atoms. The van der Waals surface area contributed by atoms with E-state index in [0.717, 1.165) is 17.1 Å². The van der Waals surface area contributed by atoms with Crippen LogP contribution in [0.1, 0.15) is 5.56 Å². The number of nitrogens with zero attached hydrogens (tertiary/aromatic N) is 2. The number of nitrogen functional groups attached to an aromatic ring is 1. The van der Waals surface area contributed by atoms with Gasteiger partial charge in [-0.2, -0.15) is 0 Å². The minimum Gasteiger partial charge on any atom is -0.399 e. The fourth-order valence-corrected chi connectivity index (χ4v) is 1.57. The van der Waals surface area contributed by atoms with Crippen LogP contribution in [0.15, 0.2) is 42.6 Å². The van der Waals surface area contributed by atoms with Gasteiger partial charge in [0.25, 0.3) is 0 Å². The molecule has 0 aliphatic carbocycles. The highest BCUT2D eigenvalue weighted by atomic mass is 19.1. The summed E-state index contributed by atoms with van der Waals surface area (Å²) in [5, 5.41) is 0. The van der Waals surface area contributed by atoms with Gasteiger partial charge in [0.15, 0.2) is 0 Å². The van der Waals surface area contributed by atoms with E-state index >= 15 is 0 Å². The van der Waals surface area contributed by atoms with Crippen molar-refractivity contribution < 1.29 is 4.39 Å². The van der Waals surface area contributed by atoms with E-state index in [9.17, 15) is 4.39 Å². The molecule has 2 aromatic rings. The Balaban J connectivity index is 2.08. The molecule has 0 amide bonds. The van der Waals surface area contributed by atoms with Gasteiger partial charge in [0.05, 0.1) is 6.20 Å². The molecular formula is C13H14FN3. The molecule has 0 spiro atoms. The van der Waals surface area contributed by atoms with Crippen LogP contribution in [0, 0.1) is 5.82 Å². The Bertz CT molecular complexity index is 479. The molecule has 2 N–H and O–H groups in total. The maximum atomic E-state index is 12.7. The van der Waals surface area contributed by atoms with Gasteiger partial charge in [0.1, 0.15) is 11.6 Å². The third-order valence-electron chi connectivity index (χ3n) is 2.50. The largest absolute Gasteiger partial charge is 0.399 e. The van der Waals surface area contributed by atoms with Crippen molar-refractivity contribution in [2.24, 2.45) is 0 Å². The zero-order valence-corrected chi connectivity index (χ0v) is 9.60. The van der Waals surface area contributed by atoms with Crippen LogP contribution in [0.4, 0.5) is 15.9 Å². The molecule has 1 heterocycles. The van der Waals surface area contributed by atoms with Crippen molar-refractivity contribution in [2.75, 3.05) is 17.7 Å². The van der Waals surface area contributed by atoms with Crippen LogP contribution in [0.3, 0.4) is 0 Å². The van der Waals surface area contributed by atoms with E-state index in [1.807, 2.05) is 36.2 Å². The molecule has 4 heteroatoms. The zero-order chi connectivity index (χ0) is 12.3. The first-order valence-corrected chi connectivity index (χ1v) is 5.32. The van der Waals surface area contributed by atoms with E-state index in [4.69, 9.17) is 5.73 Å². The van der Waals surface area contributed by atoms with Crippen molar-refractivity contribution in [1.29, 1.82) is 0 Å². The van der Waals surface area contributed by atoms with Gasteiger partial charge in [-0.15, -0.1) is 0 Å². The van der Waals surface area contributed by atoms with Gasteiger partial charge in [0, 0.05) is 19.3 Å². The summed E-state index contributed by atoms with van der Waals surface area (Å²) < 4.78 is 12.7. The van der Waals surface area contributed by atoms with E-state index < -0.39 is 0 Å². The number of nitrogens with two attached hydrogens (primary N) is 1. The number of aromatic nitrogens is 1. The molecule has 0 fully saturated rings. The second-order valence-corrected chi connectivity index (χ2v) is 3.93. The van der Waals surface area contributed by atoms with E-state index in [1.54, 1.807) is 6.07 Å². The van der Waals surface area contributed by atoms with Crippen LogP contribution < -0.4 is 10.6 Å². The Hall–Kier alpha value is -2.10. The smallest absolute Gasteiger partial charge is 0.141 e. The second-order valence-electron chi connectivity index (χ2n) is 3.93. The molecule has 0 unspecified atom stereocenters. The summed E-state index contributed by atoms with van der Waals surface area (Å²) in [5.74, 6) is 0.415. The van der Waals surface area contributed by atoms with Crippen LogP contribution >= 0.6 is 0 Å². The maximum Gasteiger partial charge on any atom is 0.141 e. The number of hydrogen-bond acceptors (Lipinski definition) is 3. The molecule has 1 aromatic carbocycles. The van der Waals surface area contributed by atoms with Crippen LogP contribution in [0.25, 0.3) is 0 Å². The molecule has 88 valence electrons. The lowest BCUT2D eigenvalue weighted by atomic mass is 10.2. The summed E-state index contributed by atoms with van der Waals surface area (Å²) in [6, 6.07) is 10.7. The summed E-state index contributed by atoms with van der Waals surface area (Å²) in [6.45, 7) is 0.707. The highest BCUT2D eigenvalue weighted by molar-refractivity contribution is 5.42. The normalized spacial score (nSPS) is 10.2. The van der Waals surface area contributed by atoms with Crippen LogP contribution in [0.2, 0.25) is 0 Å². The third-order valence-corrected chi connectivity index (χ3v) is 2.50. The average Bonchev–Trinajstić information content (AvgIpc) is 2.33. The molecule has 0 bridgehead atoms. The maximum absolute atomic E-state index is 12.7. The van der Waals surface area contributed by atoms with Gasteiger partial charge in [-0.05, 0) is 29.8 Å². The van der Waals surface area contributed by atoms with Crippen molar-refractivity contribution >= 4 is 11.5 Å². The van der Waals surface area contributed by atoms with Gasteiger partial charge in [-0.25, -0.2) is 9.37 Å². The van der Waals surface area contributed by atoms with Crippen molar-refractivity contribution in [3.05, 3.63) is 54.0 Å². The molecule has 2 rings (SSSR count). The van der Waals surface area contributed by atoms with Gasteiger partial charge >= 0.3 is 0 Å². The molecule has 3 nitrogen and oxygen atoms in total. The van der Waals surface area contributed by atoms with E-state index in [2.05, 4.69) is 4.98 Å². The van der Waals surface area contributed by atoms with Gasteiger partial charge in [-0.1, -0.05) is 12.1 Å². The number of hydrogen-bond donors (Lipinski definition) is 1. The Labute approximate surface area is 99.7 Å². The topological polar surface area (TPSA) is 42.1 Å². The first kappa shape index (κ1) is 11.4. The molecule has 0 aliphatic rings. The van der Waals surface area contributed by atoms with Crippen molar-refractivity contribution in [2.45, 2.75) is 6.54 Å². The monoisotopic (exact) mass is 231 g/mol. The summed E-state index contributed by atoms with van der Waals surface area (Å²) in [6.07, 6.45) is 1.22. The Kier molecular flexibility index (Phi) is 3.23. The molecule has 0 radical (unpaired) electrons. The van der Waals surface area contributed by atoms with E-state index in [-0.39, 0.29) is 5.82 Å². The fraction of sp³-hybridized carbons (Fsp3) is 0.154. The van der Waals surface area contributed by atoms with Gasteiger partial charge in [-0.3, -0.25) is 0 Å². The molecule has 0 saturated heterocycles. The summed E-state index contributed by atoms with van der Waals surface area (Å²) in [7, 11) is 1.91. The van der Waals surface area contributed by atoms with Gasteiger partial charge in [0.2, 0.25) is 0 Å². The first-order valence-electron chi connectivity index (χ1n) is 5.32. The molecule has 1 aromatic heterocycles. The van der Waals surface area contributed by atoms with Crippen molar-refractivity contribution in [3.63, 3.8) is 0 Å². The lowest BCUT2D eigenvalue weighted by Gasteiger charge is -2.18. The molecule has 0 saturated carbocycles. The number of halogens is 1. The highest BCUT2D eigenvalue weighted by Crippen LogP contribution is 2.13. The average molecular weight is 231 g/mol. The summed E-state index contributed by atoms with van der Waals surface area (Å²) in [5.41, 5.74) is 7.50. The van der Waals surface area contributed by atoms with Crippen molar-refractivity contribution in [1.82, 2.24) is 4.98 Å². The second kappa shape index (κ2) is 4.82. The highest BCUT2D eigenvalue weighted by Gasteiger charge is 2.03. The minimum atomic E-state index is -0.324. The molecule has 0 aliphatic heterocycles. The van der Waals surface area contributed by atoms with E-state index in [0.29, 0.717) is 6.54 Å². The number of benzene rings is 1. The van der Waals surface area contributed by atoms with Crippen LogP contribution in [0.5, 0.6) is 0 Å². The molecule has 0 atom stereocenters. The van der Waals surface area contributed by atoms with Crippen LogP contribution in [-0.2, 0) is 6.54 Å². The number of pyridine rings is 1. The fourth-order valence-electron chi connectivity index (χ4n) is 1.57. The lowest BCUT2D eigenvalue weighted by Crippen LogP contribution is -2.17. The standard InChI is InChI=1S/C13H14FN3/c1-17(13-7-4-11(14)8-16-13)9-10-2-5-12(15)6-3-10/h2-8H,9,15H2,1H3. The Morgan fingerprint density at radius 3 is 2.47 bits per heavy atom. The Morgan fingerprint density at radius 1 is 1.18 bits per heavy atom. The number of anilines is 2. The quantitative estimate of drug-likeness (QED) is 0.825. The predicted octanol–water partition coefficient (Wildman–Crippen LogP) is 2.44. The minimum absolute atomic E-state index is 0.324. The van der Waals surface area contributed by atoms with Crippen molar-refractivity contribution in [3.8, 4) is 0 Å². The predicted molar refractivity (Wildman–Crippen MR) is 67.2 cm³/mol. The molecular weight excluding hydrogens is 217 g/mol. The van der Waals surface area contributed by atoms with E-state index in [1.165, 1.54) is 12.3 Å². The van der Waals surface area contributed by atoms with Gasteiger partial charge < -0.3 is 10.6 Å². The Morgan fingerprint density at radius 2 is 1.88 bits per heavy atom. The first-order chi connectivity index (χ1) is 8.15. The zero-order valence-electron chi connectivity index (χ0n) is 9.60. The summed E-state index contributed by atoms with van der Waals surface area (Å²) in [4.78, 5) is 5.97. The third kappa shape index (κ3) is 2.93. The summed E-state index contributed by atoms with van der Waals surface area (Å²) >= 11 is 0. The number of rotatable bonds is 3. The lowest BCUT2D eigenvalue weighted by molar-refractivity contribution is 0.621.